The summed E-state index contributed by atoms with van der Waals surface area (Å²) in [7, 11) is 0. The van der Waals surface area contributed by atoms with Crippen molar-refractivity contribution in [2.45, 2.75) is 25.9 Å². The fourth-order valence-corrected chi connectivity index (χ4v) is 2.74. The summed E-state index contributed by atoms with van der Waals surface area (Å²) in [5.41, 5.74) is 10.0. The first-order valence-electron chi connectivity index (χ1n) is 7.58. The second-order valence-corrected chi connectivity index (χ2v) is 6.44. The lowest BCUT2D eigenvalue weighted by atomic mass is 10.0. The van der Waals surface area contributed by atoms with Crippen LogP contribution >= 0.6 is 0 Å². The summed E-state index contributed by atoms with van der Waals surface area (Å²) in [4.78, 5) is 4.09. The van der Waals surface area contributed by atoms with Crippen molar-refractivity contribution in [2.75, 3.05) is 0 Å². The molecule has 0 aliphatic carbocycles. The molecule has 0 aliphatic heterocycles. The van der Waals surface area contributed by atoms with Crippen LogP contribution in [0, 0.1) is 5.82 Å². The van der Waals surface area contributed by atoms with Crippen LogP contribution in [0.25, 0.3) is 22.4 Å². The maximum Gasteiger partial charge on any atom is 0.123 e. The van der Waals surface area contributed by atoms with Crippen LogP contribution in [0.3, 0.4) is 0 Å². The minimum Gasteiger partial charge on any atom is -0.345 e. The molecule has 0 unspecified atom stereocenters. The van der Waals surface area contributed by atoms with Gasteiger partial charge in [-0.25, -0.2) is 4.39 Å². The summed E-state index contributed by atoms with van der Waals surface area (Å²) in [5.74, 6) is -0.235. The fourth-order valence-electron chi connectivity index (χ4n) is 2.74. The minimum atomic E-state index is -0.332. The van der Waals surface area contributed by atoms with E-state index in [0.29, 0.717) is 6.54 Å². The van der Waals surface area contributed by atoms with Gasteiger partial charge in [0.1, 0.15) is 5.82 Å². The molecule has 0 spiro atoms. The van der Waals surface area contributed by atoms with Gasteiger partial charge in [0.2, 0.25) is 0 Å². The molecule has 23 heavy (non-hydrogen) atoms. The van der Waals surface area contributed by atoms with E-state index in [0.717, 1.165) is 22.4 Å². The van der Waals surface area contributed by atoms with E-state index < -0.39 is 0 Å². The molecule has 0 atom stereocenters. The van der Waals surface area contributed by atoms with Crippen molar-refractivity contribution in [2.24, 2.45) is 5.73 Å². The highest BCUT2D eigenvalue weighted by atomic mass is 19.1. The van der Waals surface area contributed by atoms with Gasteiger partial charge in [0.05, 0.1) is 5.69 Å². The van der Waals surface area contributed by atoms with Gasteiger partial charge in [-0.3, -0.25) is 4.98 Å². The molecular formula is C19H20FN3. The smallest absolute Gasteiger partial charge is 0.123 e. The number of pyridine rings is 1. The lowest BCUT2D eigenvalue weighted by Gasteiger charge is -2.22. The average Bonchev–Trinajstić information content (AvgIpc) is 2.90. The Hall–Kier alpha value is -2.46. The van der Waals surface area contributed by atoms with Crippen molar-refractivity contribution in [3.05, 3.63) is 66.9 Å². The van der Waals surface area contributed by atoms with E-state index >= 15 is 0 Å². The molecule has 0 aliphatic rings. The van der Waals surface area contributed by atoms with Gasteiger partial charge in [0, 0.05) is 41.8 Å². The van der Waals surface area contributed by atoms with E-state index in [1.165, 1.54) is 12.1 Å². The Morgan fingerprint density at radius 1 is 1.00 bits per heavy atom. The molecule has 3 rings (SSSR count). The normalized spacial score (nSPS) is 11.7. The number of aromatic nitrogens is 2. The molecular weight excluding hydrogens is 289 g/mol. The van der Waals surface area contributed by atoms with Crippen LogP contribution in [0.2, 0.25) is 0 Å². The molecule has 0 saturated heterocycles. The second kappa shape index (κ2) is 5.97. The van der Waals surface area contributed by atoms with Crippen LogP contribution in [0.4, 0.5) is 4.39 Å². The molecule has 2 aromatic heterocycles. The molecule has 0 fully saturated rings. The molecule has 0 amide bonds. The summed E-state index contributed by atoms with van der Waals surface area (Å²) in [6, 6.07) is 12.6. The van der Waals surface area contributed by atoms with Gasteiger partial charge in [0.25, 0.3) is 0 Å². The Morgan fingerprint density at radius 2 is 1.65 bits per heavy atom. The van der Waals surface area contributed by atoms with Crippen LogP contribution in [0.1, 0.15) is 13.8 Å². The molecule has 0 radical (unpaired) electrons. The van der Waals surface area contributed by atoms with Gasteiger partial charge in [-0.05, 0) is 49.7 Å². The van der Waals surface area contributed by atoms with E-state index in [1.807, 2.05) is 32.2 Å². The SMILES string of the molecule is CC(C)(N)Cn1ccc(-c2ccc(F)cc2)c1-c1ccncc1. The highest BCUT2D eigenvalue weighted by molar-refractivity contribution is 5.81. The quantitative estimate of drug-likeness (QED) is 0.788. The lowest BCUT2D eigenvalue weighted by molar-refractivity contribution is 0.437. The average molecular weight is 309 g/mol. The maximum absolute atomic E-state index is 13.2. The number of rotatable bonds is 4. The van der Waals surface area contributed by atoms with Gasteiger partial charge >= 0.3 is 0 Å². The van der Waals surface area contributed by atoms with Crippen molar-refractivity contribution in [3.8, 4) is 22.4 Å². The van der Waals surface area contributed by atoms with Gasteiger partial charge in [0.15, 0.2) is 0 Å². The van der Waals surface area contributed by atoms with Crippen LogP contribution in [0.5, 0.6) is 0 Å². The first-order valence-corrected chi connectivity index (χ1v) is 7.58. The van der Waals surface area contributed by atoms with Crippen molar-refractivity contribution < 1.29 is 4.39 Å². The zero-order valence-corrected chi connectivity index (χ0v) is 13.3. The third kappa shape index (κ3) is 3.48. The predicted molar refractivity (Wildman–Crippen MR) is 91.3 cm³/mol. The summed E-state index contributed by atoms with van der Waals surface area (Å²) in [6.45, 7) is 4.69. The third-order valence-corrected chi connectivity index (χ3v) is 3.65. The molecule has 2 heterocycles. The number of hydrogen-bond acceptors (Lipinski definition) is 2. The van der Waals surface area contributed by atoms with Crippen LogP contribution in [-0.4, -0.2) is 15.1 Å². The zero-order chi connectivity index (χ0) is 16.4. The molecule has 3 aromatic rings. The lowest BCUT2D eigenvalue weighted by Crippen LogP contribution is -2.37. The molecule has 2 N–H and O–H groups in total. The van der Waals surface area contributed by atoms with Gasteiger partial charge in [-0.15, -0.1) is 0 Å². The highest BCUT2D eigenvalue weighted by Gasteiger charge is 2.18. The summed E-state index contributed by atoms with van der Waals surface area (Å²) < 4.78 is 15.4. The first-order chi connectivity index (χ1) is 10.9. The summed E-state index contributed by atoms with van der Waals surface area (Å²) >= 11 is 0. The van der Waals surface area contributed by atoms with E-state index in [2.05, 4.69) is 15.6 Å². The Morgan fingerprint density at radius 3 is 2.26 bits per heavy atom. The number of nitrogens with zero attached hydrogens (tertiary/aromatic N) is 2. The van der Waals surface area contributed by atoms with Crippen molar-refractivity contribution in [1.29, 1.82) is 0 Å². The summed E-state index contributed by atoms with van der Waals surface area (Å²) in [5, 5.41) is 0. The Bertz CT molecular complexity index is 784. The molecule has 4 heteroatoms. The topological polar surface area (TPSA) is 43.8 Å². The Labute approximate surface area is 135 Å². The van der Waals surface area contributed by atoms with Gasteiger partial charge in [-0.2, -0.15) is 0 Å². The van der Waals surface area contributed by atoms with Crippen LogP contribution in [0.15, 0.2) is 61.1 Å². The molecule has 3 nitrogen and oxygen atoms in total. The molecule has 1 aromatic carbocycles. The molecule has 0 saturated carbocycles. The monoisotopic (exact) mass is 309 g/mol. The molecule has 118 valence electrons. The van der Waals surface area contributed by atoms with E-state index in [-0.39, 0.29) is 11.4 Å². The largest absolute Gasteiger partial charge is 0.345 e. The van der Waals surface area contributed by atoms with E-state index in [4.69, 9.17) is 5.73 Å². The van der Waals surface area contributed by atoms with Crippen molar-refractivity contribution in [1.82, 2.24) is 9.55 Å². The van der Waals surface area contributed by atoms with E-state index in [9.17, 15) is 4.39 Å². The predicted octanol–water partition coefficient (Wildman–Crippen LogP) is 4.09. The summed E-state index contributed by atoms with van der Waals surface area (Å²) in [6.07, 6.45) is 5.58. The van der Waals surface area contributed by atoms with Gasteiger partial charge in [-0.1, -0.05) is 12.1 Å². The van der Waals surface area contributed by atoms with Crippen LogP contribution < -0.4 is 5.73 Å². The molecule has 0 bridgehead atoms. The number of halogens is 1. The fraction of sp³-hybridized carbons (Fsp3) is 0.211. The Kier molecular flexibility index (Phi) is 4.01. The second-order valence-electron chi connectivity index (χ2n) is 6.44. The minimum absolute atomic E-state index is 0.235. The third-order valence-electron chi connectivity index (χ3n) is 3.65. The van der Waals surface area contributed by atoms with Crippen molar-refractivity contribution >= 4 is 0 Å². The first kappa shape index (κ1) is 15.4. The highest BCUT2D eigenvalue weighted by Crippen LogP contribution is 2.33. The number of hydrogen-bond donors (Lipinski definition) is 1. The number of nitrogens with two attached hydrogens (primary N) is 1. The zero-order valence-electron chi connectivity index (χ0n) is 13.3. The van der Waals surface area contributed by atoms with Crippen molar-refractivity contribution in [3.63, 3.8) is 0 Å². The number of benzene rings is 1. The van der Waals surface area contributed by atoms with Crippen LogP contribution in [-0.2, 0) is 6.54 Å². The van der Waals surface area contributed by atoms with Gasteiger partial charge < -0.3 is 10.3 Å². The Balaban J connectivity index is 2.15. The van der Waals surface area contributed by atoms with E-state index in [1.54, 1.807) is 24.5 Å². The standard InChI is InChI=1S/C19H20FN3/c1-19(2,21)13-23-12-9-17(14-3-5-16(20)6-4-14)18(23)15-7-10-22-11-8-15/h3-12H,13,21H2,1-2H3. The maximum atomic E-state index is 13.2.